The van der Waals surface area contributed by atoms with Gasteiger partial charge in [0, 0.05) is 13.8 Å². The van der Waals surface area contributed by atoms with Crippen LogP contribution in [0.3, 0.4) is 0 Å². The summed E-state index contributed by atoms with van der Waals surface area (Å²) in [7, 11) is 0. The molecule has 0 aliphatic carbocycles. The van der Waals surface area contributed by atoms with Crippen LogP contribution in [0.5, 0.6) is 0 Å². The average Bonchev–Trinajstić information content (AvgIpc) is 3.39. The third-order valence-electron chi connectivity index (χ3n) is 14.9. The molecule has 0 unspecified atom stereocenters. The van der Waals surface area contributed by atoms with Crippen molar-refractivity contribution in [2.75, 3.05) is 46.2 Å². The summed E-state index contributed by atoms with van der Waals surface area (Å²) in [5, 5.41) is 229. The Kier molecular flexibility index (Phi) is 25.8. The molecule has 6 aliphatic heterocycles. The van der Waals surface area contributed by atoms with Gasteiger partial charge in [-0.25, -0.2) is 0 Å². The molecule has 0 bridgehead atoms. The maximum Gasteiger partial charge on any atom is 0.217 e. The molecule has 6 saturated heterocycles. The molecule has 6 rings (SSSR count). The highest BCUT2D eigenvalue weighted by molar-refractivity contribution is 5.73. The number of rotatable bonds is 24. The first kappa shape index (κ1) is 69.7. The zero-order valence-corrected chi connectivity index (χ0v) is 44.7. The Morgan fingerprint density at radius 3 is 1.35 bits per heavy atom. The minimum atomic E-state index is -2.39. The summed E-state index contributed by atoms with van der Waals surface area (Å²) in [6, 6.07) is -3.64. The van der Waals surface area contributed by atoms with Crippen LogP contribution >= 0.6 is 0 Å². The van der Waals surface area contributed by atoms with Crippen molar-refractivity contribution in [3.05, 3.63) is 0 Å². The number of hydrogen-bond acceptors (Lipinski definition) is 35. The number of carbonyl (C=O) groups excluding carboxylic acids is 2. The van der Waals surface area contributed by atoms with Crippen LogP contribution in [0.25, 0.3) is 0 Å². The third kappa shape index (κ3) is 15.7. The van der Waals surface area contributed by atoms with Gasteiger partial charge in [0.25, 0.3) is 0 Å². The van der Waals surface area contributed by atoms with Gasteiger partial charge in [-0.3, -0.25) is 9.59 Å². The highest BCUT2D eigenvalue weighted by Crippen LogP contribution is 2.37. The summed E-state index contributed by atoms with van der Waals surface area (Å²) < 4.78 is 69.4. The first-order valence-corrected chi connectivity index (χ1v) is 26.4. The van der Waals surface area contributed by atoms with Crippen LogP contribution < -0.4 is 10.6 Å². The first-order valence-electron chi connectivity index (χ1n) is 26.4. The molecule has 6 heterocycles. The number of amides is 2. The Bertz CT molecular complexity index is 1990. The van der Waals surface area contributed by atoms with Crippen molar-refractivity contribution in [3.8, 4) is 0 Å². The fourth-order valence-electron chi connectivity index (χ4n) is 10.2. The van der Waals surface area contributed by atoms with E-state index in [0.29, 0.717) is 0 Å². The predicted octanol–water partition coefficient (Wildman–Crippen LogP) is -15.3. The summed E-state index contributed by atoms with van der Waals surface area (Å²) in [6.45, 7) is -4.11. The number of carbonyl (C=O) groups is 2. The zero-order chi connectivity index (χ0) is 61.6. The molecule has 0 spiro atoms. The van der Waals surface area contributed by atoms with Crippen LogP contribution in [0.4, 0.5) is 0 Å². The summed E-state index contributed by atoms with van der Waals surface area (Å²) in [5.41, 5.74) is 0. The monoisotopic (exact) mass is 1220 g/mol. The molecule has 0 aromatic heterocycles. The summed E-state index contributed by atoms with van der Waals surface area (Å²) in [6.07, 6.45) is -62.6. The van der Waals surface area contributed by atoms with Gasteiger partial charge >= 0.3 is 0 Å². The van der Waals surface area contributed by atoms with Gasteiger partial charge in [0.1, 0.15) is 165 Å². The molecule has 6 fully saturated rings. The zero-order valence-electron chi connectivity index (χ0n) is 44.7. The highest BCUT2D eigenvalue weighted by Gasteiger charge is 2.58. The van der Waals surface area contributed by atoms with E-state index < -0.39 is 267 Å². The van der Waals surface area contributed by atoms with E-state index in [1.54, 1.807) is 0 Å². The van der Waals surface area contributed by atoms with Gasteiger partial charge in [-0.05, 0) is 6.92 Å². The molecule has 34 atom stereocenters. The van der Waals surface area contributed by atoms with E-state index in [-0.39, 0.29) is 0 Å². The Labute approximate surface area is 471 Å². The minimum absolute atomic E-state index is 0.843. The minimum Gasteiger partial charge on any atom is -0.394 e. The molecule has 0 saturated carbocycles. The standard InChI is InChI=1S/C46H80N2O35/c1-11-23(59)30(66)33(69)43(73-11)83-40-32(68)26(62)17(7-52)75-46(40)81-38-19(9-54)77-42(22(29(38)65)48-13(3)56)82-39-27(63)20(78-45(35(39)71)79-36(15(58)5-50)24(60)14(57)4-49)10-72-41-21(47-12(2)55)28(64)37(18(8-53)76-41)80-44-34(70)31(67)25(61)16(6-51)74-44/h11,14-46,49-54,57-71H,4-10H2,1-3H3,(H,47,55)(H,48,56)/t11-,14-,15+,16+,17+,18+,19+,20+,21+,22+,23+,24+,25-,26-,27-,28+,29+,30+,31-,32-,33-,34+,35+,36+,37+,38+,39-,40+,41+,42-,43-,44-,45-,46-/m0/s1. The van der Waals surface area contributed by atoms with Crippen LogP contribution in [0, 0.1) is 0 Å². The molecule has 83 heavy (non-hydrogen) atoms. The Balaban J connectivity index is 1.29. The number of aliphatic hydroxyl groups excluding tert-OH is 21. The van der Waals surface area contributed by atoms with Gasteiger partial charge in [0.2, 0.25) is 11.8 Å². The van der Waals surface area contributed by atoms with Gasteiger partial charge in [-0.1, -0.05) is 0 Å². The van der Waals surface area contributed by atoms with Crippen molar-refractivity contribution in [1.82, 2.24) is 10.6 Å². The van der Waals surface area contributed by atoms with Crippen LogP contribution in [0.2, 0.25) is 0 Å². The second kappa shape index (κ2) is 30.7. The maximum absolute atomic E-state index is 12.8. The predicted molar refractivity (Wildman–Crippen MR) is 256 cm³/mol. The molecule has 23 N–H and O–H groups in total. The molecule has 6 aliphatic rings. The smallest absolute Gasteiger partial charge is 0.217 e. The van der Waals surface area contributed by atoms with Crippen LogP contribution in [-0.4, -0.2) is 374 Å². The van der Waals surface area contributed by atoms with Crippen LogP contribution in [-0.2, 0) is 66.4 Å². The third-order valence-corrected chi connectivity index (χ3v) is 14.9. The van der Waals surface area contributed by atoms with Gasteiger partial charge in [0.15, 0.2) is 37.7 Å². The number of aliphatic hydroxyl groups is 21. The van der Waals surface area contributed by atoms with Gasteiger partial charge < -0.3 is 175 Å². The Morgan fingerprint density at radius 2 is 0.831 bits per heavy atom. The maximum atomic E-state index is 12.8. The molecule has 37 nitrogen and oxygen atoms in total. The first-order chi connectivity index (χ1) is 39.2. The van der Waals surface area contributed by atoms with E-state index in [0.717, 1.165) is 13.8 Å². The van der Waals surface area contributed by atoms with Gasteiger partial charge in [-0.2, -0.15) is 0 Å². The molecule has 0 aromatic carbocycles. The number of ether oxygens (including phenoxy) is 12. The molecule has 37 heteroatoms. The summed E-state index contributed by atoms with van der Waals surface area (Å²) >= 11 is 0. The van der Waals surface area contributed by atoms with E-state index in [9.17, 15) is 117 Å². The second-order valence-corrected chi connectivity index (χ2v) is 20.8. The van der Waals surface area contributed by atoms with E-state index in [4.69, 9.17) is 56.8 Å². The SMILES string of the molecule is CC(=O)N[C@H]1[C@H](OC[C@H]2O[C@@H](O[C@@H]([C@H](O)[C@@H](O)CO)[C@H](O)CO)[C@H](O)[C@@H](O[C@@H]3O[C@H](CO)[C@@H](O[C@@H]4O[C@H](CO)[C@H](O)[C@H](O)[C@H]4O[C@@H]4O[C@@H](C)[C@@H](O)[C@@H](O)[C@@H]4O)[C@H](O)[C@H]3NC(C)=O)[C@H]2O)O[C@H](CO)[C@@H](O[C@@H]2O[C@H](CO)[C@H](O)[C@H](O)[C@H]2O)[C@@H]1O. The largest absolute Gasteiger partial charge is 0.394 e. The topological polar surface area (TPSA) is 594 Å². The fraction of sp³-hybridized carbons (Fsp3) is 0.957. The van der Waals surface area contributed by atoms with E-state index in [2.05, 4.69) is 10.6 Å². The van der Waals surface area contributed by atoms with E-state index in [1.807, 2.05) is 0 Å². The quantitative estimate of drug-likeness (QED) is 0.0427. The van der Waals surface area contributed by atoms with Crippen molar-refractivity contribution in [3.63, 3.8) is 0 Å². The average molecular weight is 1220 g/mol. The Morgan fingerprint density at radius 1 is 0.410 bits per heavy atom. The fourth-order valence-corrected chi connectivity index (χ4v) is 10.2. The van der Waals surface area contributed by atoms with Crippen molar-refractivity contribution < 1.29 is 174 Å². The lowest BCUT2D eigenvalue weighted by atomic mass is 9.94. The van der Waals surface area contributed by atoms with Gasteiger partial charge in [-0.15, -0.1) is 0 Å². The van der Waals surface area contributed by atoms with Crippen LogP contribution in [0.15, 0.2) is 0 Å². The van der Waals surface area contributed by atoms with Gasteiger partial charge in [0.05, 0.1) is 52.4 Å². The molecule has 484 valence electrons. The summed E-state index contributed by atoms with van der Waals surface area (Å²) in [5.74, 6) is -1.77. The van der Waals surface area contributed by atoms with E-state index >= 15 is 0 Å². The number of nitrogens with one attached hydrogen (secondary N) is 2. The van der Waals surface area contributed by atoms with E-state index in [1.165, 1.54) is 6.92 Å². The van der Waals surface area contributed by atoms with Crippen molar-refractivity contribution >= 4 is 11.8 Å². The second-order valence-electron chi connectivity index (χ2n) is 20.8. The normalized spacial score (nSPS) is 46.8. The Hall–Kier alpha value is -2.38. The van der Waals surface area contributed by atoms with Crippen molar-refractivity contribution in [2.45, 2.75) is 229 Å². The van der Waals surface area contributed by atoms with Crippen molar-refractivity contribution in [1.29, 1.82) is 0 Å². The molecular formula is C46H80N2O35. The highest BCUT2D eigenvalue weighted by atomic mass is 16.8. The molecule has 0 radical (unpaired) electrons. The molecule has 0 aromatic rings. The number of hydrogen-bond donors (Lipinski definition) is 23. The molecular weight excluding hydrogens is 1140 g/mol. The molecule has 2 amide bonds. The van der Waals surface area contributed by atoms with Crippen molar-refractivity contribution in [2.24, 2.45) is 0 Å². The lowest BCUT2D eigenvalue weighted by Gasteiger charge is -2.50. The summed E-state index contributed by atoms with van der Waals surface area (Å²) in [4.78, 5) is 25.4. The lowest BCUT2D eigenvalue weighted by molar-refractivity contribution is -0.390. The van der Waals surface area contributed by atoms with Crippen LogP contribution in [0.1, 0.15) is 20.8 Å². The lowest BCUT2D eigenvalue weighted by Crippen LogP contribution is -2.70.